The van der Waals surface area contributed by atoms with Gasteiger partial charge in [-0.2, -0.15) is 0 Å². The monoisotopic (exact) mass is 325 g/mol. The van der Waals surface area contributed by atoms with E-state index in [1.807, 2.05) is 6.08 Å². The molecule has 1 fully saturated rings. The van der Waals surface area contributed by atoms with E-state index in [1.54, 1.807) is 18.2 Å². The first kappa shape index (κ1) is 14.4. The van der Waals surface area contributed by atoms with Crippen LogP contribution in [0.3, 0.4) is 0 Å². The summed E-state index contributed by atoms with van der Waals surface area (Å²) in [6.45, 7) is 0.458. The van der Waals surface area contributed by atoms with Crippen LogP contribution in [0.15, 0.2) is 29.8 Å². The van der Waals surface area contributed by atoms with Crippen LogP contribution in [0.4, 0.5) is 5.69 Å². The summed E-state index contributed by atoms with van der Waals surface area (Å²) >= 11 is 11.8. The highest BCUT2D eigenvalue weighted by Gasteiger charge is 2.44. The molecule has 3 unspecified atom stereocenters. The predicted octanol–water partition coefficient (Wildman–Crippen LogP) is 3.44. The van der Waals surface area contributed by atoms with Crippen LogP contribution in [0.1, 0.15) is 12.8 Å². The zero-order valence-corrected chi connectivity index (χ0v) is 12.5. The number of fused-ring (bicyclic) bond motifs is 2. The molecule has 1 aromatic carbocycles. The average molecular weight is 326 g/mol. The molecule has 1 amide bonds. The van der Waals surface area contributed by atoms with Crippen molar-refractivity contribution in [2.45, 2.75) is 18.9 Å². The van der Waals surface area contributed by atoms with Gasteiger partial charge in [0.1, 0.15) is 6.10 Å². The van der Waals surface area contributed by atoms with E-state index in [2.05, 4.69) is 5.32 Å². The number of halogens is 2. The summed E-state index contributed by atoms with van der Waals surface area (Å²) in [5, 5.41) is 3.63. The maximum atomic E-state index is 12.4. The third-order valence-electron chi connectivity index (χ3n) is 4.03. The first-order valence-corrected chi connectivity index (χ1v) is 7.41. The number of rotatable bonds is 4. The van der Waals surface area contributed by atoms with Crippen molar-refractivity contribution in [3.63, 3.8) is 0 Å². The minimum atomic E-state index is -0.188. The minimum absolute atomic E-state index is 0.0111. The molecular formula is C15H13Cl2NO3. The Kier molecular flexibility index (Phi) is 3.91. The summed E-state index contributed by atoms with van der Waals surface area (Å²) in [5.41, 5.74) is 1.27. The maximum Gasteiger partial charge on any atom is 0.293 e. The fourth-order valence-corrected chi connectivity index (χ4v) is 3.42. The SMILES string of the molecule is O=COC1CC2C=C(C(=O)Nc3ccc(Cl)c(Cl)c3)C1C2. The van der Waals surface area contributed by atoms with Crippen LogP contribution in [-0.2, 0) is 14.3 Å². The number of anilines is 1. The van der Waals surface area contributed by atoms with Gasteiger partial charge in [0.2, 0.25) is 0 Å². The number of nitrogens with one attached hydrogen (secondary N) is 1. The average Bonchev–Trinajstić information content (AvgIpc) is 3.03. The molecule has 0 aliphatic heterocycles. The summed E-state index contributed by atoms with van der Waals surface area (Å²) < 4.78 is 5.06. The Bertz CT molecular complexity index is 629. The van der Waals surface area contributed by atoms with Crippen LogP contribution in [0.25, 0.3) is 0 Å². The number of benzene rings is 1. The Labute approximate surface area is 132 Å². The second kappa shape index (κ2) is 5.70. The number of amides is 1. The molecule has 3 rings (SSSR count). The van der Waals surface area contributed by atoms with Gasteiger partial charge in [0, 0.05) is 17.2 Å². The van der Waals surface area contributed by atoms with E-state index in [4.69, 9.17) is 27.9 Å². The standard InChI is InChI=1S/C15H13Cl2NO3/c16-12-2-1-9(6-13(12)17)18-15(20)11-4-8-3-10(11)14(5-8)21-7-19/h1-2,4,6-8,10,14H,3,5H2,(H,18,20). The topological polar surface area (TPSA) is 55.4 Å². The Morgan fingerprint density at radius 1 is 1.29 bits per heavy atom. The van der Waals surface area contributed by atoms with Gasteiger partial charge in [-0.25, -0.2) is 0 Å². The van der Waals surface area contributed by atoms with Crippen LogP contribution in [0.5, 0.6) is 0 Å². The lowest BCUT2D eigenvalue weighted by Gasteiger charge is -2.21. The molecule has 2 bridgehead atoms. The third kappa shape index (κ3) is 2.78. The number of hydrogen-bond acceptors (Lipinski definition) is 3. The lowest BCUT2D eigenvalue weighted by molar-refractivity contribution is -0.135. The van der Waals surface area contributed by atoms with Crippen molar-refractivity contribution in [1.82, 2.24) is 0 Å². The van der Waals surface area contributed by atoms with E-state index in [9.17, 15) is 9.59 Å². The molecule has 0 aromatic heterocycles. The fourth-order valence-electron chi connectivity index (χ4n) is 3.12. The van der Waals surface area contributed by atoms with Gasteiger partial charge in [-0.1, -0.05) is 29.3 Å². The van der Waals surface area contributed by atoms with Gasteiger partial charge in [-0.15, -0.1) is 0 Å². The highest BCUT2D eigenvalue weighted by molar-refractivity contribution is 6.42. The van der Waals surface area contributed by atoms with E-state index in [0.717, 1.165) is 12.8 Å². The molecule has 3 atom stereocenters. The Hall–Kier alpha value is -1.52. The quantitative estimate of drug-likeness (QED) is 0.863. The lowest BCUT2D eigenvalue weighted by atomic mass is 9.95. The molecule has 4 nitrogen and oxygen atoms in total. The first-order chi connectivity index (χ1) is 10.1. The second-order valence-electron chi connectivity index (χ2n) is 5.31. The molecule has 6 heteroatoms. The molecule has 1 N–H and O–H groups in total. The Morgan fingerprint density at radius 2 is 2.10 bits per heavy atom. The number of carbonyl (C=O) groups excluding carboxylic acids is 2. The van der Waals surface area contributed by atoms with Gasteiger partial charge in [0.15, 0.2) is 0 Å². The molecule has 21 heavy (non-hydrogen) atoms. The fraction of sp³-hybridized carbons (Fsp3) is 0.333. The van der Waals surface area contributed by atoms with Gasteiger partial charge in [0.25, 0.3) is 12.4 Å². The third-order valence-corrected chi connectivity index (χ3v) is 4.76. The second-order valence-corrected chi connectivity index (χ2v) is 6.13. The number of carbonyl (C=O) groups is 2. The molecule has 2 aliphatic carbocycles. The molecule has 1 saturated carbocycles. The summed E-state index contributed by atoms with van der Waals surface area (Å²) in [6, 6.07) is 4.93. The van der Waals surface area contributed by atoms with Crippen LogP contribution in [-0.4, -0.2) is 18.5 Å². The molecular weight excluding hydrogens is 313 g/mol. The number of allylic oxidation sites excluding steroid dienone is 1. The maximum absolute atomic E-state index is 12.4. The van der Waals surface area contributed by atoms with Crippen LogP contribution < -0.4 is 5.32 Å². The first-order valence-electron chi connectivity index (χ1n) is 6.65. The normalized spacial score (nSPS) is 26.4. The van der Waals surface area contributed by atoms with Crippen molar-refractivity contribution in [3.8, 4) is 0 Å². The number of ether oxygens (including phenoxy) is 1. The largest absolute Gasteiger partial charge is 0.464 e. The highest BCUT2D eigenvalue weighted by atomic mass is 35.5. The summed E-state index contributed by atoms with van der Waals surface area (Å²) in [4.78, 5) is 22.9. The lowest BCUT2D eigenvalue weighted by Crippen LogP contribution is -2.27. The van der Waals surface area contributed by atoms with Crippen LogP contribution in [0.2, 0.25) is 10.0 Å². The smallest absolute Gasteiger partial charge is 0.293 e. The molecule has 0 spiro atoms. The van der Waals surface area contributed by atoms with Gasteiger partial charge < -0.3 is 10.1 Å². The van der Waals surface area contributed by atoms with Gasteiger partial charge >= 0.3 is 0 Å². The minimum Gasteiger partial charge on any atom is -0.464 e. The Balaban J connectivity index is 1.73. The van der Waals surface area contributed by atoms with E-state index in [-0.39, 0.29) is 17.9 Å². The van der Waals surface area contributed by atoms with Gasteiger partial charge in [0.05, 0.1) is 10.0 Å². The van der Waals surface area contributed by atoms with E-state index in [1.165, 1.54) is 0 Å². The highest BCUT2D eigenvalue weighted by Crippen LogP contribution is 2.45. The zero-order chi connectivity index (χ0) is 15.0. The van der Waals surface area contributed by atoms with E-state index in [0.29, 0.717) is 33.7 Å². The molecule has 0 radical (unpaired) electrons. The molecule has 0 heterocycles. The van der Waals surface area contributed by atoms with Crippen molar-refractivity contribution >= 4 is 41.3 Å². The van der Waals surface area contributed by atoms with E-state index < -0.39 is 0 Å². The van der Waals surface area contributed by atoms with Crippen LogP contribution in [0, 0.1) is 11.8 Å². The van der Waals surface area contributed by atoms with Crippen molar-refractivity contribution in [2.24, 2.45) is 11.8 Å². The Morgan fingerprint density at radius 3 is 2.76 bits per heavy atom. The van der Waals surface area contributed by atoms with Crippen molar-refractivity contribution in [1.29, 1.82) is 0 Å². The van der Waals surface area contributed by atoms with Crippen molar-refractivity contribution in [3.05, 3.63) is 39.9 Å². The summed E-state index contributed by atoms with van der Waals surface area (Å²) in [6.07, 6.45) is 3.45. The molecule has 2 aliphatic rings. The van der Waals surface area contributed by atoms with Crippen molar-refractivity contribution in [2.75, 3.05) is 5.32 Å². The van der Waals surface area contributed by atoms with E-state index >= 15 is 0 Å². The van der Waals surface area contributed by atoms with Crippen LogP contribution >= 0.6 is 23.2 Å². The van der Waals surface area contributed by atoms with Gasteiger partial charge in [-0.05, 0) is 37.0 Å². The summed E-state index contributed by atoms with van der Waals surface area (Å²) in [5.74, 6) is 0.123. The zero-order valence-electron chi connectivity index (χ0n) is 11.0. The predicted molar refractivity (Wildman–Crippen MR) is 80.3 cm³/mol. The summed E-state index contributed by atoms with van der Waals surface area (Å²) in [7, 11) is 0. The number of hydrogen-bond donors (Lipinski definition) is 1. The van der Waals surface area contributed by atoms with Gasteiger partial charge in [-0.3, -0.25) is 9.59 Å². The molecule has 1 aromatic rings. The van der Waals surface area contributed by atoms with Crippen molar-refractivity contribution < 1.29 is 14.3 Å². The molecule has 110 valence electrons. The molecule has 0 saturated heterocycles.